The molecule has 0 aliphatic carbocycles. The number of methoxy groups -OCH3 is 1. The van der Waals surface area contributed by atoms with E-state index >= 15 is 0 Å². The summed E-state index contributed by atoms with van der Waals surface area (Å²) in [6, 6.07) is 13.0. The Morgan fingerprint density at radius 1 is 1.16 bits per heavy atom. The average Bonchev–Trinajstić information content (AvgIpc) is 2.77. The molecule has 1 saturated heterocycles. The topological polar surface area (TPSA) is 108 Å². The lowest BCUT2D eigenvalue weighted by Gasteiger charge is -2.28. The van der Waals surface area contributed by atoms with Crippen LogP contribution in [-0.2, 0) is 16.4 Å². The fourth-order valence-corrected chi connectivity index (χ4v) is 4.99. The van der Waals surface area contributed by atoms with Gasteiger partial charge in [0.25, 0.3) is 0 Å². The van der Waals surface area contributed by atoms with E-state index in [4.69, 9.17) is 16.3 Å². The highest BCUT2D eigenvalue weighted by Crippen LogP contribution is 2.31. The fraction of sp³-hybridized carbons (Fsp3) is 0.286. The lowest BCUT2D eigenvalue weighted by molar-refractivity contribution is 0.415. The van der Waals surface area contributed by atoms with Crippen LogP contribution in [0.25, 0.3) is 10.8 Å². The van der Waals surface area contributed by atoms with E-state index in [0.717, 1.165) is 16.3 Å². The number of nitrogens with one attached hydrogen (secondary N) is 1. The van der Waals surface area contributed by atoms with Crippen LogP contribution in [0.1, 0.15) is 11.1 Å². The van der Waals surface area contributed by atoms with Gasteiger partial charge < -0.3 is 15.0 Å². The van der Waals surface area contributed by atoms with E-state index in [1.807, 2.05) is 23.1 Å². The molecule has 11 heteroatoms. The Morgan fingerprint density at radius 2 is 1.91 bits per heavy atom. The van der Waals surface area contributed by atoms with Crippen LogP contribution in [0.3, 0.4) is 0 Å². The molecule has 1 N–H and O–H groups in total. The van der Waals surface area contributed by atoms with Crippen LogP contribution >= 0.6 is 24.0 Å². The molecule has 168 valence electrons. The van der Waals surface area contributed by atoms with Crippen molar-refractivity contribution in [1.82, 2.24) is 10.2 Å². The van der Waals surface area contributed by atoms with Gasteiger partial charge in [-0.15, -0.1) is 22.6 Å². The predicted molar refractivity (Wildman–Crippen MR) is 128 cm³/mol. The van der Waals surface area contributed by atoms with Crippen LogP contribution in [0, 0.1) is 11.3 Å². The Hall–Kier alpha value is -2.80. The van der Waals surface area contributed by atoms with Gasteiger partial charge in [-0.05, 0) is 35.9 Å². The third-order valence-corrected chi connectivity index (χ3v) is 7.11. The summed E-state index contributed by atoms with van der Waals surface area (Å²) in [6.45, 7) is 1.18. The normalized spacial score (nSPS) is 15.0. The number of hydrogen-bond donors (Lipinski definition) is 1. The number of halogens is 2. The number of fused-ring (bicyclic) bond motifs is 1. The van der Waals surface area contributed by atoms with E-state index in [9.17, 15) is 13.7 Å². The van der Waals surface area contributed by atoms with Crippen LogP contribution in [-0.4, -0.2) is 50.3 Å². The number of hydrogen-bond acceptors (Lipinski definition) is 8. The Balaban J connectivity index is 0.00000289. The largest absolute Gasteiger partial charge is 0.495 e. The van der Waals surface area contributed by atoms with Crippen molar-refractivity contribution in [1.29, 1.82) is 5.26 Å². The van der Waals surface area contributed by atoms with Crippen LogP contribution in [0.4, 0.5) is 11.6 Å². The smallest absolute Gasteiger partial charge is 0.159 e. The van der Waals surface area contributed by atoms with Gasteiger partial charge in [0.05, 0.1) is 35.3 Å². The minimum atomic E-state index is -3.01. The number of nitrogens with zero attached hydrogens (tertiary/aromatic N) is 4. The third kappa shape index (κ3) is 4.99. The summed E-state index contributed by atoms with van der Waals surface area (Å²) in [5.41, 5.74) is 1.44. The summed E-state index contributed by atoms with van der Waals surface area (Å²) in [7, 11) is -1.45. The SMILES string of the molecule is COc1ccc(CNc2nnc(N3CCS(=O)(=O)CC3)c3ccc(C#N)cc23)cc1Cl.Cl. The summed E-state index contributed by atoms with van der Waals surface area (Å²) in [5.74, 6) is 1.93. The molecule has 32 heavy (non-hydrogen) atoms. The number of rotatable bonds is 5. The van der Waals surface area contributed by atoms with Gasteiger partial charge in [0.1, 0.15) is 5.75 Å². The molecule has 2 aromatic carbocycles. The van der Waals surface area contributed by atoms with E-state index in [2.05, 4.69) is 21.6 Å². The molecule has 0 bridgehead atoms. The van der Waals surface area contributed by atoms with Crippen molar-refractivity contribution in [2.75, 3.05) is 41.9 Å². The van der Waals surface area contributed by atoms with Crippen molar-refractivity contribution in [3.8, 4) is 11.8 Å². The average molecular weight is 494 g/mol. The monoisotopic (exact) mass is 493 g/mol. The molecule has 1 fully saturated rings. The third-order valence-electron chi connectivity index (χ3n) is 5.21. The standard InChI is InChI=1S/C21H20ClN5O3S.ClH/c1-30-19-5-3-15(11-18(19)22)13-24-20-17-10-14(12-23)2-4-16(17)21(26-25-20)27-6-8-31(28,29)9-7-27;/h2-5,10-11H,6-9,13H2,1H3,(H,24,25);1H. The van der Waals surface area contributed by atoms with Gasteiger partial charge >= 0.3 is 0 Å². The molecule has 0 spiro atoms. The van der Waals surface area contributed by atoms with Gasteiger partial charge in [-0.3, -0.25) is 0 Å². The highest BCUT2D eigenvalue weighted by molar-refractivity contribution is 7.91. The zero-order valence-corrected chi connectivity index (χ0v) is 19.6. The molecule has 0 unspecified atom stereocenters. The Morgan fingerprint density at radius 3 is 2.56 bits per heavy atom. The molecular formula is C21H21Cl2N5O3S. The summed E-state index contributed by atoms with van der Waals surface area (Å²) in [5, 5.41) is 23.4. The van der Waals surface area contributed by atoms with E-state index in [1.54, 1.807) is 25.3 Å². The summed E-state index contributed by atoms with van der Waals surface area (Å²) < 4.78 is 28.8. The summed E-state index contributed by atoms with van der Waals surface area (Å²) in [6.07, 6.45) is 0. The van der Waals surface area contributed by atoms with Crippen LogP contribution in [0.15, 0.2) is 36.4 Å². The molecule has 3 aromatic rings. The maximum absolute atomic E-state index is 11.8. The fourth-order valence-electron chi connectivity index (χ4n) is 3.50. The second-order valence-corrected chi connectivity index (χ2v) is 9.92. The molecule has 2 heterocycles. The quantitative estimate of drug-likeness (QED) is 0.575. The molecule has 0 atom stereocenters. The molecule has 1 aromatic heterocycles. The highest BCUT2D eigenvalue weighted by Gasteiger charge is 2.24. The van der Waals surface area contributed by atoms with Crippen molar-refractivity contribution in [3.63, 3.8) is 0 Å². The Kier molecular flexibility index (Phi) is 7.29. The van der Waals surface area contributed by atoms with Gasteiger partial charge in [-0.25, -0.2) is 8.42 Å². The van der Waals surface area contributed by atoms with Gasteiger partial charge in [0.2, 0.25) is 0 Å². The van der Waals surface area contributed by atoms with Crippen molar-refractivity contribution in [2.45, 2.75) is 6.54 Å². The predicted octanol–water partition coefficient (Wildman–Crippen LogP) is 3.43. The van der Waals surface area contributed by atoms with Crippen LogP contribution in [0.5, 0.6) is 5.75 Å². The first-order valence-corrected chi connectivity index (χ1v) is 11.8. The second-order valence-electron chi connectivity index (χ2n) is 7.21. The first-order valence-electron chi connectivity index (χ1n) is 9.62. The molecule has 0 amide bonds. The maximum Gasteiger partial charge on any atom is 0.159 e. The minimum Gasteiger partial charge on any atom is -0.495 e. The number of aromatic nitrogens is 2. The van der Waals surface area contributed by atoms with Crippen LogP contribution in [0.2, 0.25) is 5.02 Å². The molecule has 4 rings (SSSR count). The minimum absolute atomic E-state index is 0. The number of nitriles is 1. The van der Waals surface area contributed by atoms with E-state index < -0.39 is 9.84 Å². The van der Waals surface area contributed by atoms with Gasteiger partial charge in [0, 0.05) is 30.4 Å². The highest BCUT2D eigenvalue weighted by atomic mass is 35.5. The molecule has 0 saturated carbocycles. The maximum atomic E-state index is 11.8. The molecule has 0 radical (unpaired) electrons. The zero-order valence-electron chi connectivity index (χ0n) is 17.2. The first kappa shape index (κ1) is 23.9. The summed E-state index contributed by atoms with van der Waals surface area (Å²) in [4.78, 5) is 1.93. The first-order chi connectivity index (χ1) is 14.9. The number of ether oxygens (including phenoxy) is 1. The molecule has 1 aliphatic heterocycles. The lowest BCUT2D eigenvalue weighted by atomic mass is 10.1. The van der Waals surface area contributed by atoms with E-state index in [0.29, 0.717) is 47.6 Å². The number of anilines is 2. The molecular weight excluding hydrogens is 473 g/mol. The molecule has 1 aliphatic rings. The zero-order chi connectivity index (χ0) is 22.0. The van der Waals surface area contributed by atoms with Gasteiger partial charge in [-0.1, -0.05) is 17.7 Å². The van der Waals surface area contributed by atoms with Crippen molar-refractivity contribution in [3.05, 3.63) is 52.5 Å². The summed E-state index contributed by atoms with van der Waals surface area (Å²) >= 11 is 6.21. The van der Waals surface area contributed by atoms with Crippen molar-refractivity contribution >= 4 is 56.3 Å². The Labute approximate surface area is 197 Å². The van der Waals surface area contributed by atoms with E-state index in [1.165, 1.54) is 0 Å². The molecule has 8 nitrogen and oxygen atoms in total. The van der Waals surface area contributed by atoms with Gasteiger partial charge in [-0.2, -0.15) is 5.26 Å². The van der Waals surface area contributed by atoms with Crippen molar-refractivity contribution < 1.29 is 13.2 Å². The Bertz CT molecular complexity index is 1280. The number of benzene rings is 2. The van der Waals surface area contributed by atoms with Crippen LogP contribution < -0.4 is 15.0 Å². The van der Waals surface area contributed by atoms with E-state index in [-0.39, 0.29) is 23.9 Å². The second kappa shape index (κ2) is 9.77. The number of sulfone groups is 1. The van der Waals surface area contributed by atoms with Crippen molar-refractivity contribution in [2.24, 2.45) is 0 Å². The van der Waals surface area contributed by atoms with Gasteiger partial charge in [0.15, 0.2) is 21.5 Å². The lowest BCUT2D eigenvalue weighted by Crippen LogP contribution is -2.40.